The van der Waals surface area contributed by atoms with Crippen LogP contribution < -0.4 is 4.74 Å². The standard InChI is InChI=1S/C9H8O.C5H10O2/c1-2-4-7-5-3-6-8-9(7)10-8;1-3-5(6)4(2)7-5/h2-3,5-6H,1,4H2;4,6H,3H2,1-2H3. The molecule has 1 N–H and O–H groups in total. The molecule has 3 rings (SSSR count). The van der Waals surface area contributed by atoms with Crippen LogP contribution in [0.1, 0.15) is 25.8 Å². The monoisotopic (exact) mass is 234 g/mol. The second kappa shape index (κ2) is 4.51. The highest BCUT2D eigenvalue weighted by Gasteiger charge is 2.50. The molecule has 2 heterocycles. The van der Waals surface area contributed by atoms with E-state index in [9.17, 15) is 0 Å². The molecule has 2 atom stereocenters. The van der Waals surface area contributed by atoms with Gasteiger partial charge >= 0.3 is 0 Å². The summed E-state index contributed by atoms with van der Waals surface area (Å²) in [7, 11) is 0. The highest BCUT2D eigenvalue weighted by molar-refractivity contribution is 5.59. The van der Waals surface area contributed by atoms with Crippen molar-refractivity contribution in [2.24, 2.45) is 0 Å². The van der Waals surface area contributed by atoms with Crippen molar-refractivity contribution in [1.29, 1.82) is 0 Å². The molecule has 2 aliphatic heterocycles. The van der Waals surface area contributed by atoms with Crippen LogP contribution in [-0.4, -0.2) is 17.0 Å². The van der Waals surface area contributed by atoms with Crippen molar-refractivity contribution in [3.63, 3.8) is 0 Å². The Kier molecular flexibility index (Phi) is 3.22. The van der Waals surface area contributed by atoms with Gasteiger partial charge in [0.1, 0.15) is 6.10 Å². The lowest BCUT2D eigenvalue weighted by atomic mass is 10.2. The fourth-order valence-electron chi connectivity index (χ4n) is 1.70. The topological polar surface area (TPSA) is 45.3 Å². The molecule has 0 saturated carbocycles. The van der Waals surface area contributed by atoms with E-state index < -0.39 is 5.79 Å². The highest BCUT2D eigenvalue weighted by Crippen LogP contribution is 2.47. The van der Waals surface area contributed by atoms with Crippen LogP contribution in [0.2, 0.25) is 0 Å². The lowest BCUT2D eigenvalue weighted by Crippen LogP contribution is -2.09. The zero-order valence-corrected chi connectivity index (χ0v) is 10.3. The fourth-order valence-corrected chi connectivity index (χ4v) is 1.70. The van der Waals surface area contributed by atoms with Gasteiger partial charge in [-0.25, -0.2) is 0 Å². The van der Waals surface area contributed by atoms with E-state index in [-0.39, 0.29) is 6.10 Å². The molecule has 17 heavy (non-hydrogen) atoms. The normalized spacial score (nSPS) is 27.1. The predicted octanol–water partition coefficient (Wildman–Crippen LogP) is 3.02. The Morgan fingerprint density at radius 3 is 2.71 bits per heavy atom. The summed E-state index contributed by atoms with van der Waals surface area (Å²) in [4.78, 5) is 0. The molecule has 1 aromatic rings. The van der Waals surface area contributed by atoms with Crippen molar-refractivity contribution >= 4 is 0 Å². The number of ether oxygens (including phenoxy) is 2. The molecule has 0 aromatic heterocycles. The van der Waals surface area contributed by atoms with Crippen LogP contribution in [0.25, 0.3) is 0 Å². The van der Waals surface area contributed by atoms with Gasteiger partial charge in [-0.1, -0.05) is 25.1 Å². The number of benzene rings is 1. The van der Waals surface area contributed by atoms with Crippen molar-refractivity contribution in [3.8, 4) is 11.5 Å². The van der Waals surface area contributed by atoms with Crippen molar-refractivity contribution < 1.29 is 14.6 Å². The van der Waals surface area contributed by atoms with Crippen molar-refractivity contribution in [1.82, 2.24) is 0 Å². The van der Waals surface area contributed by atoms with Gasteiger partial charge < -0.3 is 14.6 Å². The quantitative estimate of drug-likeness (QED) is 0.656. The molecule has 1 fully saturated rings. The van der Waals surface area contributed by atoms with E-state index in [1.54, 1.807) is 0 Å². The van der Waals surface area contributed by atoms with Crippen LogP contribution >= 0.6 is 0 Å². The molecule has 2 unspecified atom stereocenters. The van der Waals surface area contributed by atoms with Crippen LogP contribution in [0.5, 0.6) is 11.5 Å². The molecule has 3 heteroatoms. The smallest absolute Gasteiger partial charge is 0.192 e. The average Bonchev–Trinajstić information content (AvgIpc) is 3.19. The largest absolute Gasteiger partial charge is 0.449 e. The maximum absolute atomic E-state index is 8.98. The van der Waals surface area contributed by atoms with E-state index in [1.165, 1.54) is 5.56 Å². The third-order valence-electron chi connectivity index (χ3n) is 3.06. The molecule has 0 amide bonds. The Morgan fingerprint density at radius 2 is 2.24 bits per heavy atom. The van der Waals surface area contributed by atoms with Gasteiger partial charge in [0.25, 0.3) is 0 Å². The van der Waals surface area contributed by atoms with Gasteiger partial charge in [0, 0.05) is 12.0 Å². The Hall–Kier alpha value is -1.32. The van der Waals surface area contributed by atoms with Gasteiger partial charge in [-0.05, 0) is 19.4 Å². The Bertz CT molecular complexity index is 423. The Balaban J connectivity index is 0.000000136. The van der Waals surface area contributed by atoms with Gasteiger partial charge in [0.2, 0.25) is 0 Å². The molecule has 0 bridgehead atoms. The maximum atomic E-state index is 8.98. The SMILES string of the molecule is C=CCc1cccc2c1O2.CCC1(O)OC1C. The first-order valence-corrected chi connectivity index (χ1v) is 5.91. The molecule has 0 radical (unpaired) electrons. The van der Waals surface area contributed by atoms with Crippen LogP contribution in [-0.2, 0) is 11.2 Å². The number of hydrogen-bond donors (Lipinski definition) is 1. The summed E-state index contributed by atoms with van der Waals surface area (Å²) in [6.45, 7) is 7.44. The summed E-state index contributed by atoms with van der Waals surface area (Å²) in [5.74, 6) is 1.33. The third-order valence-corrected chi connectivity index (χ3v) is 3.06. The van der Waals surface area contributed by atoms with Gasteiger partial charge in [-0.3, -0.25) is 0 Å². The summed E-state index contributed by atoms with van der Waals surface area (Å²) in [6, 6.07) is 6.04. The zero-order valence-electron chi connectivity index (χ0n) is 10.3. The Labute approximate surface area is 102 Å². The number of hydrogen-bond acceptors (Lipinski definition) is 3. The van der Waals surface area contributed by atoms with Crippen molar-refractivity contribution in [2.45, 2.75) is 38.6 Å². The summed E-state index contributed by atoms with van der Waals surface area (Å²) < 4.78 is 9.98. The third kappa shape index (κ3) is 2.68. The molecule has 0 aliphatic carbocycles. The number of epoxide rings is 1. The highest BCUT2D eigenvalue weighted by atomic mass is 16.7. The summed E-state index contributed by atoms with van der Waals surface area (Å²) in [5.41, 5.74) is 1.24. The van der Waals surface area contributed by atoms with Gasteiger partial charge in [0.15, 0.2) is 17.3 Å². The molecular formula is C14H18O3. The number of rotatable bonds is 3. The van der Waals surface area contributed by atoms with Crippen LogP contribution in [0.3, 0.4) is 0 Å². The van der Waals surface area contributed by atoms with E-state index in [0.29, 0.717) is 6.42 Å². The minimum Gasteiger partial charge on any atom is -0.449 e. The van der Waals surface area contributed by atoms with Crippen LogP contribution in [0, 0.1) is 0 Å². The van der Waals surface area contributed by atoms with E-state index in [0.717, 1.165) is 17.9 Å². The van der Waals surface area contributed by atoms with Crippen molar-refractivity contribution in [3.05, 3.63) is 36.4 Å². The number of fused-ring (bicyclic) bond motifs is 1. The first-order valence-electron chi connectivity index (χ1n) is 5.91. The van der Waals surface area contributed by atoms with Crippen LogP contribution in [0.15, 0.2) is 30.9 Å². The van der Waals surface area contributed by atoms with Crippen LogP contribution in [0.4, 0.5) is 0 Å². The van der Waals surface area contributed by atoms with E-state index in [2.05, 4.69) is 12.6 Å². The number of para-hydroxylation sites is 1. The summed E-state index contributed by atoms with van der Waals surface area (Å²) in [5, 5.41) is 8.98. The second-order valence-electron chi connectivity index (χ2n) is 4.30. The number of aliphatic hydroxyl groups is 1. The minimum atomic E-state index is -0.750. The average molecular weight is 234 g/mol. The first-order chi connectivity index (χ1) is 8.10. The van der Waals surface area contributed by atoms with E-state index >= 15 is 0 Å². The first kappa shape index (κ1) is 12.1. The lowest BCUT2D eigenvalue weighted by molar-refractivity contribution is 0.0332. The lowest BCUT2D eigenvalue weighted by Gasteiger charge is -1.94. The molecule has 2 aliphatic rings. The van der Waals surface area contributed by atoms with Gasteiger partial charge in [-0.15, -0.1) is 6.58 Å². The minimum absolute atomic E-state index is 0.0671. The predicted molar refractivity (Wildman–Crippen MR) is 66.2 cm³/mol. The molecule has 1 aromatic carbocycles. The Morgan fingerprint density at radius 1 is 1.53 bits per heavy atom. The molecular weight excluding hydrogens is 216 g/mol. The summed E-state index contributed by atoms with van der Waals surface area (Å²) >= 11 is 0. The molecule has 0 spiro atoms. The zero-order chi connectivity index (χ0) is 12.5. The van der Waals surface area contributed by atoms with E-state index in [4.69, 9.17) is 14.6 Å². The maximum Gasteiger partial charge on any atom is 0.192 e. The van der Waals surface area contributed by atoms with E-state index in [1.807, 2.05) is 32.1 Å². The van der Waals surface area contributed by atoms with Gasteiger partial charge in [0.05, 0.1) is 0 Å². The second-order valence-corrected chi connectivity index (χ2v) is 4.30. The van der Waals surface area contributed by atoms with Crippen molar-refractivity contribution in [2.75, 3.05) is 0 Å². The molecule has 3 nitrogen and oxygen atoms in total. The summed E-state index contributed by atoms with van der Waals surface area (Å²) in [6.07, 6.45) is 3.56. The fraction of sp³-hybridized carbons (Fsp3) is 0.429. The number of allylic oxidation sites excluding steroid dienone is 1. The molecule has 92 valence electrons. The van der Waals surface area contributed by atoms with Gasteiger partial charge in [-0.2, -0.15) is 0 Å². The molecule has 1 saturated heterocycles.